The molecule has 0 N–H and O–H groups in total. The summed E-state index contributed by atoms with van der Waals surface area (Å²) in [7, 11) is 0. The monoisotopic (exact) mass is 300 g/mol. The van der Waals surface area contributed by atoms with E-state index in [9.17, 15) is 39.9 Å². The summed E-state index contributed by atoms with van der Waals surface area (Å²) in [6.45, 7) is 2.84. The third-order valence-electron chi connectivity index (χ3n) is 1.88. The molecule has 0 unspecified atom stereocenters. The predicted molar refractivity (Wildman–Crippen MR) is 46.4 cm³/mol. The molecule has 0 aliphatic carbocycles. The average Bonchev–Trinajstić information content (AvgIpc) is 2.14. The van der Waals surface area contributed by atoms with Crippen LogP contribution in [0, 0.1) is 0 Å². The Hall–Kier alpha value is -1.35. The number of hydrogen-bond acceptors (Lipinski definition) is 2. The second-order valence-corrected chi connectivity index (χ2v) is 3.72. The largest absolute Gasteiger partial charge is 0.473 e. The maximum Gasteiger partial charge on any atom is 0.473 e. The van der Waals surface area contributed by atoms with Crippen LogP contribution in [0.4, 0.5) is 35.1 Å². The van der Waals surface area contributed by atoms with Gasteiger partial charge in [0.25, 0.3) is 0 Å². The summed E-state index contributed by atoms with van der Waals surface area (Å²) in [5.74, 6) is -20.6. The fourth-order valence-corrected chi connectivity index (χ4v) is 0.726. The topological polar surface area (TPSA) is 26.3 Å². The second-order valence-electron chi connectivity index (χ2n) is 3.72. The molecule has 0 aromatic rings. The summed E-state index contributed by atoms with van der Waals surface area (Å²) >= 11 is 0. The molecule has 0 fully saturated rings. The van der Waals surface area contributed by atoms with Gasteiger partial charge in [-0.1, -0.05) is 6.58 Å². The molecule has 19 heavy (non-hydrogen) atoms. The molecule has 112 valence electrons. The van der Waals surface area contributed by atoms with Crippen LogP contribution in [0.25, 0.3) is 0 Å². The highest BCUT2D eigenvalue weighted by Crippen LogP contribution is 2.52. The lowest BCUT2D eigenvalue weighted by atomic mass is 10.1. The summed E-state index contributed by atoms with van der Waals surface area (Å²) in [6, 6.07) is 0. The highest BCUT2D eigenvalue weighted by molar-refractivity contribution is 5.87. The first kappa shape index (κ1) is 17.6. The number of carbonyl (C=O) groups excluding carboxylic acids is 1. The van der Waals surface area contributed by atoms with Gasteiger partial charge >= 0.3 is 29.8 Å². The van der Waals surface area contributed by atoms with Crippen molar-refractivity contribution in [3.8, 4) is 0 Å². The fourth-order valence-electron chi connectivity index (χ4n) is 0.726. The first-order chi connectivity index (χ1) is 8.08. The number of carbonyl (C=O) groups is 1. The summed E-state index contributed by atoms with van der Waals surface area (Å²) in [5.41, 5.74) is -0.804. The molecule has 0 radical (unpaired) electrons. The van der Waals surface area contributed by atoms with Gasteiger partial charge in [-0.15, -0.1) is 0 Å². The van der Waals surface area contributed by atoms with E-state index in [1.165, 1.54) is 0 Å². The Morgan fingerprint density at radius 2 is 1.32 bits per heavy atom. The summed E-state index contributed by atoms with van der Waals surface area (Å²) in [5, 5.41) is 0. The standard InChI is InChI=1S/C9H8F8O2/c1-4(2)5(18)19-9(16,17)8(14,15)7(12,13)6(3,10)11/h1H2,2-3H3. The minimum absolute atomic E-state index is 0.669. The van der Waals surface area contributed by atoms with Crippen molar-refractivity contribution in [1.29, 1.82) is 0 Å². The number of esters is 1. The highest BCUT2D eigenvalue weighted by atomic mass is 19.4. The minimum Gasteiger partial charge on any atom is -0.393 e. The summed E-state index contributed by atoms with van der Waals surface area (Å²) < 4.78 is 104. The summed E-state index contributed by atoms with van der Waals surface area (Å²) in [6.07, 6.45) is -6.13. The van der Waals surface area contributed by atoms with Crippen molar-refractivity contribution in [2.75, 3.05) is 0 Å². The van der Waals surface area contributed by atoms with Crippen LogP contribution in [-0.4, -0.2) is 29.8 Å². The van der Waals surface area contributed by atoms with Crippen molar-refractivity contribution in [1.82, 2.24) is 0 Å². The van der Waals surface area contributed by atoms with Gasteiger partial charge in [-0.3, -0.25) is 0 Å². The van der Waals surface area contributed by atoms with Gasteiger partial charge in [-0.2, -0.15) is 35.1 Å². The number of rotatable bonds is 5. The van der Waals surface area contributed by atoms with E-state index >= 15 is 0 Å². The van der Waals surface area contributed by atoms with Crippen LogP contribution in [0.5, 0.6) is 0 Å². The van der Waals surface area contributed by atoms with Crippen molar-refractivity contribution >= 4 is 5.97 Å². The average molecular weight is 300 g/mol. The van der Waals surface area contributed by atoms with Crippen molar-refractivity contribution in [3.63, 3.8) is 0 Å². The van der Waals surface area contributed by atoms with Gasteiger partial charge < -0.3 is 4.74 Å². The molecule has 0 aromatic carbocycles. The van der Waals surface area contributed by atoms with E-state index in [-0.39, 0.29) is 0 Å². The molecule has 0 aliphatic rings. The molecule has 0 saturated carbocycles. The van der Waals surface area contributed by atoms with Gasteiger partial charge in [0.05, 0.1) is 0 Å². The van der Waals surface area contributed by atoms with Gasteiger partial charge in [0.1, 0.15) is 0 Å². The van der Waals surface area contributed by atoms with Crippen LogP contribution in [0.2, 0.25) is 0 Å². The second kappa shape index (κ2) is 4.64. The smallest absolute Gasteiger partial charge is 0.393 e. The molecule has 0 aliphatic heterocycles. The Bertz CT molecular complexity index is 382. The Labute approximate surface area is 102 Å². The molecule has 2 nitrogen and oxygen atoms in total. The molecular weight excluding hydrogens is 292 g/mol. The molecule has 10 heteroatoms. The highest BCUT2D eigenvalue weighted by Gasteiger charge is 2.81. The van der Waals surface area contributed by atoms with Crippen LogP contribution in [-0.2, 0) is 9.53 Å². The van der Waals surface area contributed by atoms with Gasteiger partial charge in [-0.25, -0.2) is 4.79 Å². The van der Waals surface area contributed by atoms with Crippen molar-refractivity contribution < 1.29 is 44.7 Å². The first-order valence-corrected chi connectivity index (χ1v) is 4.48. The predicted octanol–water partition coefficient (Wildman–Crippen LogP) is 3.62. The van der Waals surface area contributed by atoms with Crippen molar-refractivity contribution in [2.24, 2.45) is 0 Å². The Morgan fingerprint density at radius 3 is 1.58 bits per heavy atom. The van der Waals surface area contributed by atoms with E-state index in [0.717, 1.165) is 6.92 Å². The quantitative estimate of drug-likeness (QED) is 0.440. The zero-order valence-corrected chi connectivity index (χ0v) is 9.55. The van der Waals surface area contributed by atoms with E-state index in [0.29, 0.717) is 0 Å². The maximum absolute atomic E-state index is 12.8. The molecule has 0 atom stereocenters. The zero-order chi connectivity index (χ0) is 15.9. The van der Waals surface area contributed by atoms with E-state index in [4.69, 9.17) is 0 Å². The van der Waals surface area contributed by atoms with E-state index in [2.05, 4.69) is 11.3 Å². The third kappa shape index (κ3) is 2.98. The number of ether oxygens (including phenoxy) is 1. The Morgan fingerprint density at radius 1 is 0.947 bits per heavy atom. The van der Waals surface area contributed by atoms with Gasteiger partial charge in [0.15, 0.2) is 0 Å². The molecule has 0 aromatic heterocycles. The summed E-state index contributed by atoms with van der Waals surface area (Å²) in [4.78, 5) is 10.6. The van der Waals surface area contributed by atoms with E-state index < -0.39 is 42.3 Å². The number of halogens is 8. The molecule has 0 bridgehead atoms. The Balaban J connectivity index is 5.52. The van der Waals surface area contributed by atoms with Gasteiger partial charge in [0, 0.05) is 12.5 Å². The fraction of sp³-hybridized carbons (Fsp3) is 0.667. The Kier molecular flexibility index (Phi) is 4.31. The zero-order valence-electron chi connectivity index (χ0n) is 9.55. The minimum atomic E-state index is -6.61. The third-order valence-corrected chi connectivity index (χ3v) is 1.88. The molecule has 0 saturated heterocycles. The molecule has 0 heterocycles. The molecular formula is C9H8F8O2. The maximum atomic E-state index is 12.8. The lowest BCUT2D eigenvalue weighted by molar-refractivity contribution is -0.413. The number of hydrogen-bond donors (Lipinski definition) is 0. The van der Waals surface area contributed by atoms with E-state index in [1.807, 2.05) is 0 Å². The lowest BCUT2D eigenvalue weighted by Gasteiger charge is -2.34. The van der Waals surface area contributed by atoms with Gasteiger partial charge in [0.2, 0.25) is 0 Å². The van der Waals surface area contributed by atoms with Crippen LogP contribution in [0.3, 0.4) is 0 Å². The van der Waals surface area contributed by atoms with Crippen LogP contribution < -0.4 is 0 Å². The first-order valence-electron chi connectivity index (χ1n) is 4.48. The normalized spacial score (nSPS) is 14.2. The van der Waals surface area contributed by atoms with Crippen LogP contribution in [0.1, 0.15) is 13.8 Å². The van der Waals surface area contributed by atoms with Crippen molar-refractivity contribution in [3.05, 3.63) is 12.2 Å². The van der Waals surface area contributed by atoms with E-state index in [1.54, 1.807) is 0 Å². The van der Waals surface area contributed by atoms with Crippen LogP contribution in [0.15, 0.2) is 12.2 Å². The molecule has 0 amide bonds. The molecule has 0 spiro atoms. The number of alkyl halides is 8. The lowest BCUT2D eigenvalue weighted by Crippen LogP contribution is -2.62. The van der Waals surface area contributed by atoms with Gasteiger partial charge in [-0.05, 0) is 6.92 Å². The van der Waals surface area contributed by atoms with Crippen molar-refractivity contribution in [2.45, 2.75) is 37.7 Å². The molecule has 0 rings (SSSR count). The van der Waals surface area contributed by atoms with Crippen LogP contribution >= 0.6 is 0 Å². The SMILES string of the molecule is C=C(C)C(=O)OC(F)(F)C(F)(F)C(F)(F)C(C)(F)F.